The standard InChI is InChI=1S/C12H18BrNO2S/c1-8(11(15)16-12(2,3)4)14-7-9-5-6-10(13)17-9/h5-6,8,14H,7H2,1-4H3. The van der Waals surface area contributed by atoms with E-state index in [1.54, 1.807) is 11.3 Å². The summed E-state index contributed by atoms with van der Waals surface area (Å²) in [6.07, 6.45) is 0. The van der Waals surface area contributed by atoms with Crippen LogP contribution in [-0.4, -0.2) is 17.6 Å². The first-order valence-electron chi connectivity index (χ1n) is 5.48. The van der Waals surface area contributed by atoms with E-state index < -0.39 is 5.60 Å². The summed E-state index contributed by atoms with van der Waals surface area (Å²) in [5.74, 6) is -0.215. The Balaban J connectivity index is 2.39. The Hall–Kier alpha value is -0.390. The van der Waals surface area contributed by atoms with Crippen LogP contribution in [0.25, 0.3) is 0 Å². The number of esters is 1. The maximum Gasteiger partial charge on any atom is 0.323 e. The molecule has 5 heteroatoms. The molecule has 96 valence electrons. The lowest BCUT2D eigenvalue weighted by Crippen LogP contribution is -2.38. The molecule has 0 aliphatic carbocycles. The molecule has 1 aromatic rings. The zero-order valence-electron chi connectivity index (χ0n) is 10.5. The highest BCUT2D eigenvalue weighted by molar-refractivity contribution is 9.11. The molecule has 0 bridgehead atoms. The van der Waals surface area contributed by atoms with Crippen molar-refractivity contribution in [2.45, 2.75) is 45.9 Å². The summed E-state index contributed by atoms with van der Waals surface area (Å²) in [5, 5.41) is 3.15. The predicted molar refractivity (Wildman–Crippen MR) is 74.2 cm³/mol. The first-order chi connectivity index (χ1) is 7.78. The van der Waals surface area contributed by atoms with Gasteiger partial charge in [-0.05, 0) is 55.8 Å². The summed E-state index contributed by atoms with van der Waals surface area (Å²) >= 11 is 5.06. The molecule has 0 spiro atoms. The van der Waals surface area contributed by atoms with E-state index in [1.165, 1.54) is 4.88 Å². The van der Waals surface area contributed by atoms with E-state index in [-0.39, 0.29) is 12.0 Å². The number of carbonyl (C=O) groups excluding carboxylic acids is 1. The van der Waals surface area contributed by atoms with E-state index in [4.69, 9.17) is 4.74 Å². The van der Waals surface area contributed by atoms with Crippen molar-refractivity contribution in [3.63, 3.8) is 0 Å². The molecule has 0 aliphatic heterocycles. The van der Waals surface area contributed by atoms with Gasteiger partial charge in [0.25, 0.3) is 0 Å². The van der Waals surface area contributed by atoms with Crippen molar-refractivity contribution in [3.05, 3.63) is 20.8 Å². The number of ether oxygens (including phenoxy) is 1. The Morgan fingerprint density at radius 3 is 2.65 bits per heavy atom. The van der Waals surface area contributed by atoms with Crippen molar-refractivity contribution in [1.29, 1.82) is 0 Å². The van der Waals surface area contributed by atoms with Gasteiger partial charge in [0.2, 0.25) is 0 Å². The van der Waals surface area contributed by atoms with Crippen LogP contribution < -0.4 is 5.32 Å². The molecule has 0 aliphatic rings. The van der Waals surface area contributed by atoms with Gasteiger partial charge in [-0.15, -0.1) is 11.3 Å². The van der Waals surface area contributed by atoms with Crippen molar-refractivity contribution in [1.82, 2.24) is 5.32 Å². The largest absolute Gasteiger partial charge is 0.459 e. The Labute approximate surface area is 115 Å². The van der Waals surface area contributed by atoms with Crippen LogP contribution in [0.15, 0.2) is 15.9 Å². The van der Waals surface area contributed by atoms with Gasteiger partial charge in [-0.3, -0.25) is 10.1 Å². The topological polar surface area (TPSA) is 38.3 Å². The first-order valence-corrected chi connectivity index (χ1v) is 7.09. The zero-order valence-corrected chi connectivity index (χ0v) is 12.9. The minimum absolute atomic E-state index is 0.215. The van der Waals surface area contributed by atoms with Crippen LogP contribution in [0, 0.1) is 0 Å². The van der Waals surface area contributed by atoms with Gasteiger partial charge in [-0.1, -0.05) is 0 Å². The summed E-state index contributed by atoms with van der Waals surface area (Å²) in [6, 6.07) is 3.73. The fraction of sp³-hybridized carbons (Fsp3) is 0.583. The second-order valence-electron chi connectivity index (χ2n) is 4.84. The summed E-state index contributed by atoms with van der Waals surface area (Å²) in [7, 11) is 0. The van der Waals surface area contributed by atoms with Crippen molar-refractivity contribution in [3.8, 4) is 0 Å². The van der Waals surface area contributed by atoms with E-state index >= 15 is 0 Å². The van der Waals surface area contributed by atoms with Crippen molar-refractivity contribution in [2.75, 3.05) is 0 Å². The first kappa shape index (κ1) is 14.7. The molecule has 0 aromatic carbocycles. The minimum Gasteiger partial charge on any atom is -0.459 e. The van der Waals surface area contributed by atoms with E-state index in [9.17, 15) is 4.79 Å². The van der Waals surface area contributed by atoms with Gasteiger partial charge in [-0.25, -0.2) is 0 Å². The van der Waals surface area contributed by atoms with E-state index in [1.807, 2.05) is 39.8 Å². The number of halogens is 1. The summed E-state index contributed by atoms with van der Waals surface area (Å²) in [4.78, 5) is 12.9. The summed E-state index contributed by atoms with van der Waals surface area (Å²) in [6.45, 7) is 8.10. The van der Waals surface area contributed by atoms with E-state index in [0.717, 1.165) is 3.79 Å². The molecule has 17 heavy (non-hydrogen) atoms. The normalized spacial score (nSPS) is 13.5. The van der Waals surface area contributed by atoms with Gasteiger partial charge in [0.15, 0.2) is 0 Å². The highest BCUT2D eigenvalue weighted by Gasteiger charge is 2.21. The molecular formula is C12H18BrNO2S. The number of nitrogens with one attached hydrogen (secondary N) is 1. The molecule has 1 unspecified atom stereocenters. The summed E-state index contributed by atoms with van der Waals surface area (Å²) in [5.41, 5.74) is -0.432. The zero-order chi connectivity index (χ0) is 13.1. The van der Waals surface area contributed by atoms with Gasteiger partial charge in [0.1, 0.15) is 11.6 Å². The molecular weight excluding hydrogens is 302 g/mol. The maximum absolute atomic E-state index is 11.7. The highest BCUT2D eigenvalue weighted by atomic mass is 79.9. The van der Waals surface area contributed by atoms with Gasteiger partial charge in [0.05, 0.1) is 3.79 Å². The highest BCUT2D eigenvalue weighted by Crippen LogP contribution is 2.21. The molecule has 1 atom stereocenters. The Kier molecular flexibility index (Phi) is 5.16. The van der Waals surface area contributed by atoms with Crippen LogP contribution in [0.4, 0.5) is 0 Å². The monoisotopic (exact) mass is 319 g/mol. The third-order valence-electron chi connectivity index (χ3n) is 1.97. The molecule has 1 aromatic heterocycles. The fourth-order valence-corrected chi connectivity index (χ4v) is 2.61. The predicted octanol–water partition coefficient (Wildman–Crippen LogP) is 3.33. The van der Waals surface area contributed by atoms with Crippen LogP contribution in [-0.2, 0) is 16.1 Å². The van der Waals surface area contributed by atoms with Gasteiger partial charge in [-0.2, -0.15) is 0 Å². The number of carbonyl (C=O) groups is 1. The van der Waals surface area contributed by atoms with E-state index in [2.05, 4.69) is 21.2 Å². The molecule has 0 amide bonds. The number of thiophene rings is 1. The smallest absolute Gasteiger partial charge is 0.323 e. The number of hydrogen-bond donors (Lipinski definition) is 1. The van der Waals surface area contributed by atoms with Crippen LogP contribution in [0.3, 0.4) is 0 Å². The summed E-state index contributed by atoms with van der Waals surface area (Å²) < 4.78 is 6.38. The van der Waals surface area contributed by atoms with Crippen LogP contribution >= 0.6 is 27.3 Å². The molecule has 0 saturated carbocycles. The second-order valence-corrected chi connectivity index (χ2v) is 7.39. The average molecular weight is 320 g/mol. The Morgan fingerprint density at radius 2 is 2.18 bits per heavy atom. The lowest BCUT2D eigenvalue weighted by molar-refractivity contribution is -0.157. The Bertz CT molecular complexity index is 384. The molecule has 1 heterocycles. The molecule has 0 saturated heterocycles. The van der Waals surface area contributed by atoms with Crippen LogP contribution in [0.5, 0.6) is 0 Å². The third-order valence-corrected chi connectivity index (χ3v) is 3.60. The maximum atomic E-state index is 11.7. The van der Waals surface area contributed by atoms with Crippen LogP contribution in [0.2, 0.25) is 0 Å². The SMILES string of the molecule is CC(NCc1ccc(Br)s1)C(=O)OC(C)(C)C. The van der Waals surface area contributed by atoms with Crippen LogP contribution in [0.1, 0.15) is 32.6 Å². The van der Waals surface area contributed by atoms with Gasteiger partial charge < -0.3 is 4.74 Å². The van der Waals surface area contributed by atoms with Crippen molar-refractivity contribution in [2.24, 2.45) is 0 Å². The number of rotatable bonds is 4. The molecule has 0 radical (unpaired) electrons. The average Bonchev–Trinajstić information content (AvgIpc) is 2.58. The third kappa shape index (κ3) is 5.66. The molecule has 0 fully saturated rings. The van der Waals surface area contributed by atoms with E-state index in [0.29, 0.717) is 6.54 Å². The van der Waals surface area contributed by atoms with Crippen molar-refractivity contribution >= 4 is 33.2 Å². The lowest BCUT2D eigenvalue weighted by atomic mass is 10.2. The lowest BCUT2D eigenvalue weighted by Gasteiger charge is -2.22. The fourth-order valence-electron chi connectivity index (χ4n) is 1.17. The van der Waals surface area contributed by atoms with Gasteiger partial charge >= 0.3 is 5.97 Å². The van der Waals surface area contributed by atoms with Gasteiger partial charge in [0, 0.05) is 11.4 Å². The van der Waals surface area contributed by atoms with Crippen molar-refractivity contribution < 1.29 is 9.53 Å². The molecule has 1 rings (SSSR count). The minimum atomic E-state index is -0.432. The Morgan fingerprint density at radius 1 is 1.53 bits per heavy atom. The second kappa shape index (κ2) is 5.98. The number of hydrogen-bond acceptors (Lipinski definition) is 4. The quantitative estimate of drug-likeness (QED) is 0.865. The molecule has 1 N–H and O–H groups in total. The molecule has 3 nitrogen and oxygen atoms in total.